The van der Waals surface area contributed by atoms with Crippen LogP contribution >= 0.6 is 15.9 Å². The molecule has 0 saturated heterocycles. The SMILES string of the molecule is Brc1cc2c(c(CN3CCNc4ccccc43)c1)OCC2. The van der Waals surface area contributed by atoms with Gasteiger partial charge in [-0.2, -0.15) is 0 Å². The molecule has 3 nitrogen and oxygen atoms in total. The summed E-state index contributed by atoms with van der Waals surface area (Å²) in [4.78, 5) is 2.43. The predicted molar refractivity (Wildman–Crippen MR) is 89.3 cm³/mol. The number of rotatable bonds is 2. The summed E-state index contributed by atoms with van der Waals surface area (Å²) < 4.78 is 6.99. The molecule has 2 heterocycles. The van der Waals surface area contributed by atoms with Gasteiger partial charge in [0.15, 0.2) is 0 Å². The van der Waals surface area contributed by atoms with Gasteiger partial charge in [-0.05, 0) is 29.8 Å². The molecule has 0 atom stereocenters. The highest BCUT2D eigenvalue weighted by Gasteiger charge is 2.21. The van der Waals surface area contributed by atoms with Crippen molar-refractivity contribution in [2.24, 2.45) is 0 Å². The molecule has 0 bridgehead atoms. The summed E-state index contributed by atoms with van der Waals surface area (Å²) >= 11 is 3.63. The van der Waals surface area contributed by atoms with E-state index >= 15 is 0 Å². The fourth-order valence-corrected chi connectivity index (χ4v) is 3.73. The van der Waals surface area contributed by atoms with E-state index in [4.69, 9.17) is 4.74 Å². The van der Waals surface area contributed by atoms with Crippen molar-refractivity contribution in [2.45, 2.75) is 13.0 Å². The summed E-state index contributed by atoms with van der Waals surface area (Å²) in [6.45, 7) is 3.68. The Bertz CT molecular complexity index is 686. The topological polar surface area (TPSA) is 24.5 Å². The first-order valence-corrected chi connectivity index (χ1v) is 8.12. The fourth-order valence-electron chi connectivity index (χ4n) is 3.18. The first kappa shape index (κ1) is 13.0. The minimum atomic E-state index is 0.803. The van der Waals surface area contributed by atoms with E-state index in [9.17, 15) is 0 Å². The van der Waals surface area contributed by atoms with Crippen molar-refractivity contribution >= 4 is 27.3 Å². The summed E-state index contributed by atoms with van der Waals surface area (Å²) in [6.07, 6.45) is 1.01. The van der Waals surface area contributed by atoms with Gasteiger partial charge in [-0.1, -0.05) is 28.1 Å². The van der Waals surface area contributed by atoms with Crippen molar-refractivity contribution in [1.29, 1.82) is 0 Å². The van der Waals surface area contributed by atoms with Crippen LogP contribution in [0.3, 0.4) is 0 Å². The Morgan fingerprint density at radius 3 is 3.10 bits per heavy atom. The monoisotopic (exact) mass is 344 g/mol. The van der Waals surface area contributed by atoms with Crippen molar-refractivity contribution in [2.75, 3.05) is 29.9 Å². The van der Waals surface area contributed by atoms with Crippen LogP contribution < -0.4 is 15.0 Å². The van der Waals surface area contributed by atoms with Crippen LogP contribution in [0.5, 0.6) is 5.75 Å². The number of halogens is 1. The minimum Gasteiger partial charge on any atom is -0.493 e. The summed E-state index contributed by atoms with van der Waals surface area (Å²) in [5.74, 6) is 1.09. The molecule has 2 aromatic carbocycles. The predicted octanol–water partition coefficient (Wildman–Crippen LogP) is 3.82. The van der Waals surface area contributed by atoms with E-state index in [1.54, 1.807) is 0 Å². The van der Waals surface area contributed by atoms with Gasteiger partial charge in [0.2, 0.25) is 0 Å². The van der Waals surface area contributed by atoms with Crippen molar-refractivity contribution < 1.29 is 4.74 Å². The van der Waals surface area contributed by atoms with Gasteiger partial charge in [0.05, 0.1) is 18.0 Å². The Labute approximate surface area is 133 Å². The Kier molecular flexibility index (Phi) is 3.26. The standard InChI is InChI=1S/C17H17BrN2O/c18-14-9-12-5-8-21-17(12)13(10-14)11-20-7-6-19-15-3-1-2-4-16(15)20/h1-4,9-10,19H,5-8,11H2. The summed E-state index contributed by atoms with van der Waals surface area (Å²) in [5, 5.41) is 3.46. The van der Waals surface area contributed by atoms with E-state index in [2.05, 4.69) is 62.5 Å². The average molecular weight is 345 g/mol. The quantitative estimate of drug-likeness (QED) is 0.896. The van der Waals surface area contributed by atoms with Crippen LogP contribution in [0.25, 0.3) is 0 Å². The zero-order valence-electron chi connectivity index (χ0n) is 11.7. The molecule has 1 N–H and O–H groups in total. The Hall–Kier alpha value is -1.68. The van der Waals surface area contributed by atoms with Crippen LogP contribution in [0, 0.1) is 0 Å². The molecule has 2 aliphatic heterocycles. The zero-order valence-corrected chi connectivity index (χ0v) is 13.3. The average Bonchev–Trinajstić information content (AvgIpc) is 2.96. The molecule has 4 heteroatoms. The second-order valence-corrected chi connectivity index (χ2v) is 6.43. The number of ether oxygens (including phenoxy) is 1. The second-order valence-electron chi connectivity index (χ2n) is 5.52. The van der Waals surface area contributed by atoms with Crippen molar-refractivity contribution in [3.05, 3.63) is 52.0 Å². The zero-order chi connectivity index (χ0) is 14.2. The first-order chi connectivity index (χ1) is 10.3. The fraction of sp³-hybridized carbons (Fsp3) is 0.294. The molecular formula is C17H17BrN2O. The van der Waals surface area contributed by atoms with Crippen molar-refractivity contribution in [3.8, 4) is 5.75 Å². The molecule has 0 radical (unpaired) electrons. The molecule has 108 valence electrons. The van der Waals surface area contributed by atoms with E-state index in [1.807, 2.05) is 0 Å². The van der Waals surface area contributed by atoms with E-state index in [-0.39, 0.29) is 0 Å². The molecule has 0 amide bonds. The number of hydrogen-bond donors (Lipinski definition) is 1. The van der Waals surface area contributed by atoms with E-state index in [0.29, 0.717) is 0 Å². The molecular weight excluding hydrogens is 328 g/mol. The number of fused-ring (bicyclic) bond motifs is 2. The smallest absolute Gasteiger partial charge is 0.127 e. The lowest BCUT2D eigenvalue weighted by Gasteiger charge is -2.32. The first-order valence-electron chi connectivity index (χ1n) is 7.33. The molecule has 0 unspecified atom stereocenters. The van der Waals surface area contributed by atoms with Gasteiger partial charge in [-0.25, -0.2) is 0 Å². The van der Waals surface area contributed by atoms with Gasteiger partial charge in [0.25, 0.3) is 0 Å². The number of hydrogen-bond acceptors (Lipinski definition) is 3. The van der Waals surface area contributed by atoms with Crippen LogP contribution in [-0.4, -0.2) is 19.7 Å². The number of nitrogens with zero attached hydrogens (tertiary/aromatic N) is 1. The lowest BCUT2D eigenvalue weighted by atomic mass is 10.1. The van der Waals surface area contributed by atoms with Crippen LogP contribution in [0.15, 0.2) is 40.9 Å². The Balaban J connectivity index is 1.69. The van der Waals surface area contributed by atoms with Crippen LogP contribution in [0.2, 0.25) is 0 Å². The molecule has 0 aromatic heterocycles. The van der Waals surface area contributed by atoms with Gasteiger partial charge >= 0.3 is 0 Å². The molecule has 0 fully saturated rings. The van der Waals surface area contributed by atoms with E-state index < -0.39 is 0 Å². The Morgan fingerprint density at radius 2 is 2.14 bits per heavy atom. The van der Waals surface area contributed by atoms with E-state index in [0.717, 1.165) is 42.9 Å². The lowest BCUT2D eigenvalue weighted by molar-refractivity contribution is 0.353. The summed E-state index contributed by atoms with van der Waals surface area (Å²) in [7, 11) is 0. The number of nitrogens with one attached hydrogen (secondary N) is 1. The maximum Gasteiger partial charge on any atom is 0.127 e. The highest BCUT2D eigenvalue weighted by molar-refractivity contribution is 9.10. The molecule has 4 rings (SSSR count). The molecule has 2 aromatic rings. The lowest BCUT2D eigenvalue weighted by Crippen LogP contribution is -2.33. The molecule has 2 aliphatic rings. The largest absolute Gasteiger partial charge is 0.493 e. The van der Waals surface area contributed by atoms with E-state index in [1.165, 1.54) is 22.5 Å². The van der Waals surface area contributed by atoms with Gasteiger partial charge in [-0.15, -0.1) is 0 Å². The van der Waals surface area contributed by atoms with Gasteiger partial charge in [-0.3, -0.25) is 0 Å². The highest BCUT2D eigenvalue weighted by Crippen LogP contribution is 2.36. The maximum atomic E-state index is 5.85. The molecule has 0 spiro atoms. The van der Waals surface area contributed by atoms with Crippen molar-refractivity contribution in [1.82, 2.24) is 0 Å². The third-order valence-corrected chi connectivity index (χ3v) is 4.59. The summed E-state index contributed by atoms with van der Waals surface area (Å²) in [5.41, 5.74) is 5.09. The van der Waals surface area contributed by atoms with Gasteiger partial charge in [0.1, 0.15) is 5.75 Å². The Morgan fingerprint density at radius 1 is 1.24 bits per heavy atom. The normalized spacial score (nSPS) is 16.0. The number of benzene rings is 2. The van der Waals surface area contributed by atoms with Crippen molar-refractivity contribution in [3.63, 3.8) is 0 Å². The third kappa shape index (κ3) is 2.38. The maximum absolute atomic E-state index is 5.85. The molecule has 0 aliphatic carbocycles. The summed E-state index contributed by atoms with van der Waals surface area (Å²) in [6, 6.07) is 12.9. The highest BCUT2D eigenvalue weighted by atomic mass is 79.9. The van der Waals surface area contributed by atoms with Crippen LogP contribution in [0.1, 0.15) is 11.1 Å². The van der Waals surface area contributed by atoms with Crippen LogP contribution in [-0.2, 0) is 13.0 Å². The second kappa shape index (κ2) is 5.26. The minimum absolute atomic E-state index is 0.803. The number of anilines is 2. The van der Waals surface area contributed by atoms with Gasteiger partial charge in [0, 0.05) is 36.1 Å². The van der Waals surface area contributed by atoms with Gasteiger partial charge < -0.3 is 15.0 Å². The number of para-hydroxylation sites is 2. The molecule has 21 heavy (non-hydrogen) atoms. The molecule has 0 saturated carbocycles. The van der Waals surface area contributed by atoms with Crippen LogP contribution in [0.4, 0.5) is 11.4 Å². The third-order valence-electron chi connectivity index (χ3n) is 4.13.